The van der Waals surface area contributed by atoms with Gasteiger partial charge in [0.25, 0.3) is 0 Å². The average Bonchev–Trinajstić information content (AvgIpc) is 2.74. The molecule has 1 aromatic rings. The minimum Gasteiger partial charge on any atom is -0.496 e. The van der Waals surface area contributed by atoms with Gasteiger partial charge < -0.3 is 14.8 Å². The summed E-state index contributed by atoms with van der Waals surface area (Å²) in [5.41, 5.74) is 2.39. The van der Waals surface area contributed by atoms with Crippen molar-refractivity contribution in [2.75, 3.05) is 7.11 Å². The second-order valence-corrected chi connectivity index (χ2v) is 5.21. The predicted octanol–water partition coefficient (Wildman–Crippen LogP) is 3.07. The first-order chi connectivity index (χ1) is 9.13. The largest absolute Gasteiger partial charge is 0.496 e. The van der Waals surface area contributed by atoms with E-state index in [0.29, 0.717) is 6.04 Å². The van der Waals surface area contributed by atoms with Gasteiger partial charge in [0.1, 0.15) is 17.6 Å². The normalized spacial score (nSPS) is 18.6. The van der Waals surface area contributed by atoms with Crippen molar-refractivity contribution in [3.05, 3.63) is 35.9 Å². The minimum atomic E-state index is 0.266. The molecule has 1 aliphatic rings. The lowest BCUT2D eigenvalue weighted by atomic mass is 10.1. The zero-order valence-electron chi connectivity index (χ0n) is 12.0. The van der Waals surface area contributed by atoms with Crippen LogP contribution in [0.3, 0.4) is 0 Å². The predicted molar refractivity (Wildman–Crippen MR) is 77.9 cm³/mol. The van der Waals surface area contributed by atoms with Crippen LogP contribution in [0.1, 0.15) is 31.4 Å². The van der Waals surface area contributed by atoms with Crippen LogP contribution < -0.4 is 14.8 Å². The van der Waals surface area contributed by atoms with Gasteiger partial charge in [0.15, 0.2) is 0 Å². The molecule has 0 radical (unpaired) electrons. The summed E-state index contributed by atoms with van der Waals surface area (Å²) in [6.45, 7) is 8.79. The molecule has 0 saturated carbocycles. The van der Waals surface area contributed by atoms with E-state index in [1.807, 2.05) is 6.08 Å². The monoisotopic (exact) mass is 261 g/mol. The Morgan fingerprint density at radius 3 is 3.05 bits per heavy atom. The van der Waals surface area contributed by atoms with Gasteiger partial charge in [-0.2, -0.15) is 0 Å². The van der Waals surface area contributed by atoms with Crippen molar-refractivity contribution in [1.29, 1.82) is 0 Å². The van der Waals surface area contributed by atoms with Crippen molar-refractivity contribution in [2.24, 2.45) is 0 Å². The molecule has 2 unspecified atom stereocenters. The maximum atomic E-state index is 5.80. The lowest BCUT2D eigenvalue weighted by Gasteiger charge is -2.15. The van der Waals surface area contributed by atoms with Gasteiger partial charge in [0.05, 0.1) is 7.11 Å². The van der Waals surface area contributed by atoms with Crippen molar-refractivity contribution in [1.82, 2.24) is 5.32 Å². The molecule has 0 aromatic heterocycles. The van der Waals surface area contributed by atoms with Gasteiger partial charge in [-0.25, -0.2) is 0 Å². The highest BCUT2D eigenvalue weighted by molar-refractivity contribution is 5.48. The second kappa shape index (κ2) is 6.11. The standard InChI is InChI=1S/C16H23NO2/c1-5-6-11(2)17-10-14-9-16-13(7-12(3)19-16)8-15(14)18-4/h5,8-9,11-12,17H,1,6-7,10H2,2-4H3. The molecule has 3 nitrogen and oxygen atoms in total. The van der Waals surface area contributed by atoms with E-state index in [1.165, 1.54) is 5.56 Å². The molecular weight excluding hydrogens is 238 g/mol. The molecule has 0 bridgehead atoms. The number of hydrogen-bond donors (Lipinski definition) is 1. The average molecular weight is 261 g/mol. The Balaban J connectivity index is 2.11. The van der Waals surface area contributed by atoms with Gasteiger partial charge in [0.2, 0.25) is 0 Å². The highest BCUT2D eigenvalue weighted by atomic mass is 16.5. The second-order valence-electron chi connectivity index (χ2n) is 5.21. The third kappa shape index (κ3) is 3.29. The van der Waals surface area contributed by atoms with E-state index in [4.69, 9.17) is 9.47 Å². The third-order valence-electron chi connectivity index (χ3n) is 3.46. The van der Waals surface area contributed by atoms with E-state index in [-0.39, 0.29) is 6.10 Å². The summed E-state index contributed by atoms with van der Waals surface area (Å²) in [5.74, 6) is 1.94. The first kappa shape index (κ1) is 13.9. The quantitative estimate of drug-likeness (QED) is 0.798. The Kier molecular flexibility index (Phi) is 4.48. The molecule has 104 valence electrons. The Morgan fingerprint density at radius 2 is 2.37 bits per heavy atom. The van der Waals surface area contributed by atoms with Crippen LogP contribution in [0.2, 0.25) is 0 Å². The highest BCUT2D eigenvalue weighted by Crippen LogP contribution is 2.34. The highest BCUT2D eigenvalue weighted by Gasteiger charge is 2.21. The van der Waals surface area contributed by atoms with Gasteiger partial charge in [-0.15, -0.1) is 6.58 Å². The van der Waals surface area contributed by atoms with E-state index in [1.54, 1.807) is 7.11 Å². The van der Waals surface area contributed by atoms with Gasteiger partial charge >= 0.3 is 0 Å². The van der Waals surface area contributed by atoms with Crippen molar-refractivity contribution >= 4 is 0 Å². The summed E-state index contributed by atoms with van der Waals surface area (Å²) in [6, 6.07) is 4.62. The van der Waals surface area contributed by atoms with E-state index >= 15 is 0 Å². The van der Waals surface area contributed by atoms with Crippen molar-refractivity contribution in [3.8, 4) is 11.5 Å². The first-order valence-electron chi connectivity index (χ1n) is 6.84. The topological polar surface area (TPSA) is 30.5 Å². The molecule has 2 rings (SSSR count). The molecule has 1 N–H and O–H groups in total. The summed E-state index contributed by atoms with van der Waals surface area (Å²) in [5, 5.41) is 3.47. The summed E-state index contributed by atoms with van der Waals surface area (Å²) in [7, 11) is 1.72. The van der Waals surface area contributed by atoms with E-state index in [9.17, 15) is 0 Å². The molecule has 1 aromatic carbocycles. The number of benzene rings is 1. The number of ether oxygens (including phenoxy) is 2. The maximum Gasteiger partial charge on any atom is 0.123 e. The molecule has 2 atom stereocenters. The van der Waals surface area contributed by atoms with Crippen LogP contribution >= 0.6 is 0 Å². The van der Waals surface area contributed by atoms with Gasteiger partial charge in [-0.3, -0.25) is 0 Å². The van der Waals surface area contributed by atoms with Crippen molar-refractivity contribution in [2.45, 2.75) is 45.4 Å². The first-order valence-corrected chi connectivity index (χ1v) is 6.84. The van der Waals surface area contributed by atoms with Crippen LogP contribution in [0.4, 0.5) is 0 Å². The molecule has 1 aliphatic heterocycles. The Hall–Kier alpha value is -1.48. The fraction of sp³-hybridized carbons (Fsp3) is 0.500. The summed E-state index contributed by atoms with van der Waals surface area (Å²) >= 11 is 0. The van der Waals surface area contributed by atoms with Gasteiger partial charge in [0, 0.05) is 30.1 Å². The number of methoxy groups -OCH3 is 1. The van der Waals surface area contributed by atoms with Crippen LogP contribution in [0.25, 0.3) is 0 Å². The molecule has 0 aliphatic carbocycles. The minimum absolute atomic E-state index is 0.266. The van der Waals surface area contributed by atoms with Crippen LogP contribution in [0.5, 0.6) is 11.5 Å². The van der Waals surface area contributed by atoms with Crippen LogP contribution in [-0.4, -0.2) is 19.3 Å². The maximum absolute atomic E-state index is 5.80. The Morgan fingerprint density at radius 1 is 1.58 bits per heavy atom. The lowest BCUT2D eigenvalue weighted by Crippen LogP contribution is -2.24. The SMILES string of the molecule is C=CCC(C)NCc1cc2c(cc1OC)CC(C)O2. The van der Waals surface area contributed by atoms with Gasteiger partial charge in [-0.1, -0.05) is 6.08 Å². The molecule has 3 heteroatoms. The van der Waals surface area contributed by atoms with Crippen molar-refractivity contribution < 1.29 is 9.47 Å². The van der Waals surface area contributed by atoms with Crippen LogP contribution in [-0.2, 0) is 13.0 Å². The fourth-order valence-corrected chi connectivity index (χ4v) is 2.43. The fourth-order valence-electron chi connectivity index (χ4n) is 2.43. The Bertz CT molecular complexity index is 456. The third-order valence-corrected chi connectivity index (χ3v) is 3.46. The summed E-state index contributed by atoms with van der Waals surface area (Å²) < 4.78 is 11.3. The van der Waals surface area contributed by atoms with Gasteiger partial charge in [-0.05, 0) is 32.4 Å². The van der Waals surface area contributed by atoms with E-state index < -0.39 is 0 Å². The molecule has 0 amide bonds. The number of nitrogens with one attached hydrogen (secondary N) is 1. The Labute approximate surface area is 115 Å². The van der Waals surface area contributed by atoms with Crippen molar-refractivity contribution in [3.63, 3.8) is 0 Å². The smallest absolute Gasteiger partial charge is 0.123 e. The molecule has 0 fully saturated rings. The number of fused-ring (bicyclic) bond motifs is 1. The zero-order valence-corrected chi connectivity index (χ0v) is 12.0. The number of hydrogen-bond acceptors (Lipinski definition) is 3. The molecule has 0 saturated heterocycles. The van der Waals surface area contributed by atoms with Crippen LogP contribution in [0.15, 0.2) is 24.8 Å². The lowest BCUT2D eigenvalue weighted by molar-refractivity contribution is 0.254. The summed E-state index contributed by atoms with van der Waals surface area (Å²) in [6.07, 6.45) is 4.12. The molecular formula is C16H23NO2. The van der Waals surface area contributed by atoms with Crippen LogP contribution in [0, 0.1) is 0 Å². The van der Waals surface area contributed by atoms with E-state index in [0.717, 1.165) is 36.4 Å². The molecule has 1 heterocycles. The number of rotatable bonds is 6. The molecule has 0 spiro atoms. The summed E-state index contributed by atoms with van der Waals surface area (Å²) in [4.78, 5) is 0. The molecule has 19 heavy (non-hydrogen) atoms. The zero-order chi connectivity index (χ0) is 13.8. The van der Waals surface area contributed by atoms with E-state index in [2.05, 4.69) is 37.9 Å².